The van der Waals surface area contributed by atoms with Crippen LogP contribution in [0, 0.1) is 5.82 Å². The second-order valence-electron chi connectivity index (χ2n) is 8.64. The standard InChI is InChI=1S/C27H27FN4O/c28-25-6-3-21(4-7-25)27(33)32(14-13-31-11-1-2-12-31)19-20-15-24(18-29-17-20)22-5-8-26-23(16-22)9-10-30-26/h3-10,15-18,30H,1-2,11-14,19H2. The third-order valence-electron chi connectivity index (χ3n) is 6.32. The van der Waals surface area contributed by atoms with Crippen LogP contribution in [0.25, 0.3) is 22.0 Å². The summed E-state index contributed by atoms with van der Waals surface area (Å²) in [6, 6.07) is 16.2. The van der Waals surface area contributed by atoms with Crippen molar-refractivity contribution >= 4 is 16.8 Å². The van der Waals surface area contributed by atoms with Crippen LogP contribution in [0.3, 0.4) is 0 Å². The Morgan fingerprint density at radius 3 is 2.64 bits per heavy atom. The molecule has 2 aromatic heterocycles. The zero-order valence-electron chi connectivity index (χ0n) is 18.5. The molecule has 33 heavy (non-hydrogen) atoms. The van der Waals surface area contributed by atoms with Gasteiger partial charge in [-0.25, -0.2) is 4.39 Å². The van der Waals surface area contributed by atoms with Gasteiger partial charge < -0.3 is 14.8 Å². The van der Waals surface area contributed by atoms with Crippen LogP contribution in [0.15, 0.2) is 73.2 Å². The van der Waals surface area contributed by atoms with E-state index in [2.05, 4.69) is 45.2 Å². The molecule has 1 saturated heterocycles. The van der Waals surface area contributed by atoms with Gasteiger partial charge in [0.15, 0.2) is 0 Å². The lowest BCUT2D eigenvalue weighted by molar-refractivity contribution is 0.0727. The fraction of sp³-hybridized carbons (Fsp3) is 0.259. The zero-order valence-corrected chi connectivity index (χ0v) is 18.5. The molecule has 5 nitrogen and oxygen atoms in total. The molecule has 0 aliphatic carbocycles. The van der Waals surface area contributed by atoms with Gasteiger partial charge in [-0.05, 0) is 91.0 Å². The second-order valence-corrected chi connectivity index (χ2v) is 8.64. The number of nitrogens with zero attached hydrogens (tertiary/aromatic N) is 3. The van der Waals surface area contributed by atoms with E-state index in [1.807, 2.05) is 23.5 Å². The smallest absolute Gasteiger partial charge is 0.254 e. The van der Waals surface area contributed by atoms with Gasteiger partial charge in [-0.3, -0.25) is 9.78 Å². The molecule has 1 aliphatic rings. The number of H-pyrrole nitrogens is 1. The summed E-state index contributed by atoms with van der Waals surface area (Å²) < 4.78 is 13.4. The predicted molar refractivity (Wildman–Crippen MR) is 128 cm³/mol. The first-order valence-corrected chi connectivity index (χ1v) is 11.4. The number of amides is 1. The molecular formula is C27H27FN4O. The number of pyridine rings is 1. The average Bonchev–Trinajstić information content (AvgIpc) is 3.53. The molecular weight excluding hydrogens is 415 g/mol. The number of benzene rings is 2. The SMILES string of the molecule is O=C(c1ccc(F)cc1)N(CCN1CCCC1)Cc1cncc(-c2ccc3[nH]ccc3c2)c1. The van der Waals surface area contributed by atoms with Gasteiger partial charge in [-0.15, -0.1) is 0 Å². The molecule has 0 spiro atoms. The van der Waals surface area contributed by atoms with Crippen molar-refractivity contribution in [3.05, 3.63) is 90.1 Å². The van der Waals surface area contributed by atoms with E-state index < -0.39 is 0 Å². The zero-order chi connectivity index (χ0) is 22.6. The van der Waals surface area contributed by atoms with Crippen molar-refractivity contribution < 1.29 is 9.18 Å². The Balaban J connectivity index is 1.38. The third-order valence-corrected chi connectivity index (χ3v) is 6.32. The highest BCUT2D eigenvalue weighted by molar-refractivity contribution is 5.94. The number of nitrogens with one attached hydrogen (secondary N) is 1. The van der Waals surface area contributed by atoms with E-state index in [0.29, 0.717) is 18.7 Å². The van der Waals surface area contributed by atoms with E-state index in [0.717, 1.165) is 47.2 Å². The molecule has 2 aromatic carbocycles. The summed E-state index contributed by atoms with van der Waals surface area (Å²) in [6.45, 7) is 4.08. The fourth-order valence-corrected chi connectivity index (χ4v) is 4.48. The minimum Gasteiger partial charge on any atom is -0.361 e. The lowest BCUT2D eigenvalue weighted by Crippen LogP contribution is -2.37. The van der Waals surface area contributed by atoms with E-state index in [1.165, 1.54) is 25.0 Å². The molecule has 0 unspecified atom stereocenters. The van der Waals surface area contributed by atoms with Crippen LogP contribution in [-0.2, 0) is 6.54 Å². The van der Waals surface area contributed by atoms with Crippen LogP contribution in [-0.4, -0.2) is 51.9 Å². The Kier molecular flexibility index (Phi) is 6.17. The van der Waals surface area contributed by atoms with E-state index in [4.69, 9.17) is 0 Å². The summed E-state index contributed by atoms with van der Waals surface area (Å²) in [6.07, 6.45) is 8.03. The van der Waals surface area contributed by atoms with Crippen LogP contribution < -0.4 is 0 Å². The normalized spacial score (nSPS) is 14.1. The number of carbonyl (C=O) groups is 1. The van der Waals surface area contributed by atoms with Crippen LogP contribution in [0.4, 0.5) is 4.39 Å². The van der Waals surface area contributed by atoms with Crippen molar-refractivity contribution in [3.8, 4) is 11.1 Å². The largest absolute Gasteiger partial charge is 0.361 e. The highest BCUT2D eigenvalue weighted by Gasteiger charge is 2.19. The summed E-state index contributed by atoms with van der Waals surface area (Å²) >= 11 is 0. The van der Waals surface area contributed by atoms with Crippen molar-refractivity contribution in [1.29, 1.82) is 0 Å². The van der Waals surface area contributed by atoms with Gasteiger partial charge in [-0.1, -0.05) is 6.07 Å². The van der Waals surface area contributed by atoms with Crippen molar-refractivity contribution in [2.24, 2.45) is 0 Å². The summed E-state index contributed by atoms with van der Waals surface area (Å²) in [5.74, 6) is -0.431. The molecule has 1 N–H and O–H groups in total. The lowest BCUT2D eigenvalue weighted by atomic mass is 10.0. The summed E-state index contributed by atoms with van der Waals surface area (Å²) in [5, 5.41) is 1.15. The Labute approximate surface area is 192 Å². The van der Waals surface area contributed by atoms with Gasteiger partial charge in [0.25, 0.3) is 5.91 Å². The van der Waals surface area contributed by atoms with Gasteiger partial charge in [-0.2, -0.15) is 0 Å². The van der Waals surface area contributed by atoms with Gasteiger partial charge in [0.1, 0.15) is 5.82 Å². The highest BCUT2D eigenvalue weighted by Crippen LogP contribution is 2.24. The van der Waals surface area contributed by atoms with Crippen molar-refractivity contribution in [2.75, 3.05) is 26.2 Å². The summed E-state index contributed by atoms with van der Waals surface area (Å²) in [7, 11) is 0. The number of hydrogen-bond donors (Lipinski definition) is 1. The molecule has 1 fully saturated rings. The molecule has 1 aliphatic heterocycles. The third kappa shape index (κ3) is 4.96. The molecule has 1 amide bonds. The number of aromatic nitrogens is 2. The number of rotatable bonds is 7. The fourth-order valence-electron chi connectivity index (χ4n) is 4.48. The highest BCUT2D eigenvalue weighted by atomic mass is 19.1. The van der Waals surface area contributed by atoms with Crippen LogP contribution in [0.1, 0.15) is 28.8 Å². The molecule has 5 rings (SSSR count). The average molecular weight is 443 g/mol. The maximum absolute atomic E-state index is 13.4. The first kappa shape index (κ1) is 21.3. The molecule has 0 atom stereocenters. The number of halogens is 1. The van der Waals surface area contributed by atoms with Crippen LogP contribution in [0.5, 0.6) is 0 Å². The van der Waals surface area contributed by atoms with Gasteiger partial charge in [0.2, 0.25) is 0 Å². The van der Waals surface area contributed by atoms with E-state index in [1.54, 1.807) is 12.1 Å². The molecule has 0 saturated carbocycles. The minimum atomic E-state index is -0.341. The molecule has 0 radical (unpaired) electrons. The van der Waals surface area contributed by atoms with Gasteiger partial charge in [0.05, 0.1) is 0 Å². The van der Waals surface area contributed by atoms with Gasteiger partial charge >= 0.3 is 0 Å². The Hall–Kier alpha value is -3.51. The second kappa shape index (κ2) is 9.55. The number of carbonyl (C=O) groups excluding carboxylic acids is 1. The molecule has 4 aromatic rings. The monoisotopic (exact) mass is 442 g/mol. The van der Waals surface area contributed by atoms with E-state index >= 15 is 0 Å². The van der Waals surface area contributed by atoms with Crippen molar-refractivity contribution in [1.82, 2.24) is 19.8 Å². The van der Waals surface area contributed by atoms with Crippen molar-refractivity contribution in [2.45, 2.75) is 19.4 Å². The summed E-state index contributed by atoms with van der Waals surface area (Å²) in [5.41, 5.74) is 4.67. The van der Waals surface area contributed by atoms with E-state index in [-0.39, 0.29) is 11.7 Å². The van der Waals surface area contributed by atoms with Gasteiger partial charge in [0, 0.05) is 54.9 Å². The maximum Gasteiger partial charge on any atom is 0.254 e. The van der Waals surface area contributed by atoms with Crippen molar-refractivity contribution in [3.63, 3.8) is 0 Å². The minimum absolute atomic E-state index is 0.0895. The van der Waals surface area contributed by atoms with Crippen LogP contribution in [0.2, 0.25) is 0 Å². The number of aromatic amines is 1. The number of hydrogen-bond acceptors (Lipinski definition) is 3. The molecule has 3 heterocycles. The quantitative estimate of drug-likeness (QED) is 0.433. The topological polar surface area (TPSA) is 52.2 Å². The molecule has 0 bridgehead atoms. The molecule has 6 heteroatoms. The van der Waals surface area contributed by atoms with Crippen LogP contribution >= 0.6 is 0 Å². The lowest BCUT2D eigenvalue weighted by Gasteiger charge is -2.26. The first-order valence-electron chi connectivity index (χ1n) is 11.4. The Morgan fingerprint density at radius 1 is 1.00 bits per heavy atom. The maximum atomic E-state index is 13.4. The Morgan fingerprint density at radius 2 is 1.82 bits per heavy atom. The Bertz CT molecular complexity index is 1240. The number of fused-ring (bicyclic) bond motifs is 1. The number of likely N-dealkylation sites (tertiary alicyclic amines) is 1. The molecule has 168 valence electrons. The predicted octanol–water partition coefficient (Wildman–Crippen LogP) is 5.11. The first-order chi connectivity index (χ1) is 16.2. The van der Waals surface area contributed by atoms with E-state index in [9.17, 15) is 9.18 Å². The summed E-state index contributed by atoms with van der Waals surface area (Å²) in [4.78, 5) is 25.2.